The molecule has 3 rings (SSSR count). The predicted octanol–water partition coefficient (Wildman–Crippen LogP) is 2.13. The molecule has 2 unspecified atom stereocenters. The minimum atomic E-state index is 0.106. The summed E-state index contributed by atoms with van der Waals surface area (Å²) in [7, 11) is 0. The normalized spacial score (nSPS) is 21.9. The van der Waals surface area contributed by atoms with E-state index in [1.807, 2.05) is 24.3 Å². The number of aryl methyl sites for hydroxylation is 1. The summed E-state index contributed by atoms with van der Waals surface area (Å²) in [4.78, 5) is 20.0. The van der Waals surface area contributed by atoms with Crippen LogP contribution >= 0.6 is 0 Å². The van der Waals surface area contributed by atoms with Crippen LogP contribution in [0.1, 0.15) is 37.9 Å². The van der Waals surface area contributed by atoms with E-state index in [0.29, 0.717) is 6.54 Å². The summed E-state index contributed by atoms with van der Waals surface area (Å²) < 4.78 is 0. The van der Waals surface area contributed by atoms with E-state index in [1.54, 1.807) is 0 Å². The molecule has 1 amide bonds. The number of nitrogens with zero attached hydrogens (tertiary/aromatic N) is 1. The number of carbonyl (C=O) groups excluding carboxylic acids is 1. The molecule has 0 bridgehead atoms. The van der Waals surface area contributed by atoms with Gasteiger partial charge in [0.25, 0.3) is 0 Å². The molecule has 0 radical (unpaired) electrons. The Hall–Kier alpha value is -1.88. The lowest BCUT2D eigenvalue weighted by Crippen LogP contribution is -2.38. The van der Waals surface area contributed by atoms with Crippen LogP contribution in [0.4, 0.5) is 0 Å². The van der Waals surface area contributed by atoms with Crippen molar-refractivity contribution in [1.29, 1.82) is 0 Å². The molecule has 1 heterocycles. The van der Waals surface area contributed by atoms with E-state index >= 15 is 0 Å². The Labute approximate surface area is 130 Å². The number of aromatic nitrogens is 2. The molecule has 2 atom stereocenters. The second-order valence-corrected chi connectivity index (χ2v) is 6.22. The summed E-state index contributed by atoms with van der Waals surface area (Å²) in [6.07, 6.45) is 5.66. The molecule has 1 aromatic carbocycles. The lowest BCUT2D eigenvalue weighted by atomic mass is 9.85. The third kappa shape index (κ3) is 3.65. The van der Waals surface area contributed by atoms with Crippen molar-refractivity contribution in [3.8, 4) is 0 Å². The van der Waals surface area contributed by atoms with E-state index < -0.39 is 0 Å². The molecule has 1 fully saturated rings. The Morgan fingerprint density at radius 1 is 1.36 bits per heavy atom. The molecular weight excluding hydrogens is 276 g/mol. The van der Waals surface area contributed by atoms with Crippen molar-refractivity contribution in [3.05, 3.63) is 30.1 Å². The Balaban J connectivity index is 1.42. The maximum absolute atomic E-state index is 12.1. The molecule has 5 heteroatoms. The standard InChI is InChI=1S/C17H24N4O/c18-13-6-3-5-12(11-13)17(22)19-10-4-9-16-20-14-7-1-2-8-15(14)21-16/h1-2,7-8,12-13H,3-6,9-11,18H2,(H,19,22)(H,20,21). The second-order valence-electron chi connectivity index (χ2n) is 6.22. The van der Waals surface area contributed by atoms with Gasteiger partial charge in [0.05, 0.1) is 11.0 Å². The fourth-order valence-corrected chi connectivity index (χ4v) is 3.20. The van der Waals surface area contributed by atoms with Gasteiger partial charge in [0.2, 0.25) is 5.91 Å². The van der Waals surface area contributed by atoms with E-state index in [2.05, 4.69) is 15.3 Å². The van der Waals surface area contributed by atoms with Gasteiger partial charge in [-0.25, -0.2) is 4.98 Å². The summed E-state index contributed by atoms with van der Waals surface area (Å²) in [6, 6.07) is 8.21. The van der Waals surface area contributed by atoms with Crippen LogP contribution in [-0.4, -0.2) is 28.5 Å². The molecule has 0 aliphatic heterocycles. The number of fused-ring (bicyclic) bond motifs is 1. The highest BCUT2D eigenvalue weighted by molar-refractivity contribution is 5.78. The first-order valence-corrected chi connectivity index (χ1v) is 8.19. The fourth-order valence-electron chi connectivity index (χ4n) is 3.20. The fraction of sp³-hybridized carbons (Fsp3) is 0.529. The number of benzene rings is 1. The molecule has 0 saturated heterocycles. The van der Waals surface area contributed by atoms with Crippen molar-refractivity contribution < 1.29 is 4.79 Å². The molecule has 1 saturated carbocycles. The highest BCUT2D eigenvalue weighted by atomic mass is 16.1. The predicted molar refractivity (Wildman–Crippen MR) is 87.4 cm³/mol. The Bertz CT molecular complexity index is 603. The zero-order valence-electron chi connectivity index (χ0n) is 12.8. The van der Waals surface area contributed by atoms with Crippen LogP contribution in [-0.2, 0) is 11.2 Å². The quantitative estimate of drug-likeness (QED) is 0.740. The molecule has 2 aromatic rings. The van der Waals surface area contributed by atoms with E-state index in [9.17, 15) is 4.79 Å². The smallest absolute Gasteiger partial charge is 0.223 e. The number of rotatable bonds is 5. The maximum Gasteiger partial charge on any atom is 0.223 e. The minimum absolute atomic E-state index is 0.106. The summed E-state index contributed by atoms with van der Waals surface area (Å²) in [5.41, 5.74) is 8.00. The number of hydrogen-bond acceptors (Lipinski definition) is 3. The van der Waals surface area contributed by atoms with E-state index in [-0.39, 0.29) is 17.9 Å². The first-order chi connectivity index (χ1) is 10.7. The Kier molecular flexibility index (Phi) is 4.73. The van der Waals surface area contributed by atoms with Crippen molar-refractivity contribution >= 4 is 16.9 Å². The van der Waals surface area contributed by atoms with Crippen LogP contribution in [0.5, 0.6) is 0 Å². The van der Waals surface area contributed by atoms with Crippen LogP contribution in [0.2, 0.25) is 0 Å². The minimum Gasteiger partial charge on any atom is -0.356 e. The van der Waals surface area contributed by atoms with Gasteiger partial charge in [-0.1, -0.05) is 18.6 Å². The molecule has 5 nitrogen and oxygen atoms in total. The molecular formula is C17H24N4O. The zero-order valence-corrected chi connectivity index (χ0v) is 12.8. The molecule has 1 aliphatic carbocycles. The third-order valence-electron chi connectivity index (χ3n) is 4.41. The maximum atomic E-state index is 12.1. The summed E-state index contributed by atoms with van der Waals surface area (Å²) in [5, 5.41) is 3.04. The van der Waals surface area contributed by atoms with Gasteiger partial charge in [-0.05, 0) is 37.8 Å². The Morgan fingerprint density at radius 2 is 2.23 bits per heavy atom. The van der Waals surface area contributed by atoms with Crippen molar-refractivity contribution in [2.45, 2.75) is 44.6 Å². The molecule has 1 aliphatic rings. The Morgan fingerprint density at radius 3 is 3.05 bits per heavy atom. The molecule has 0 spiro atoms. The van der Waals surface area contributed by atoms with Gasteiger partial charge >= 0.3 is 0 Å². The summed E-state index contributed by atoms with van der Waals surface area (Å²) in [6.45, 7) is 0.696. The number of hydrogen-bond donors (Lipinski definition) is 3. The van der Waals surface area contributed by atoms with Gasteiger partial charge in [-0.15, -0.1) is 0 Å². The number of aromatic amines is 1. The number of nitrogens with one attached hydrogen (secondary N) is 2. The lowest BCUT2D eigenvalue weighted by molar-refractivity contribution is -0.126. The molecule has 22 heavy (non-hydrogen) atoms. The van der Waals surface area contributed by atoms with Crippen molar-refractivity contribution in [2.24, 2.45) is 11.7 Å². The van der Waals surface area contributed by atoms with Gasteiger partial charge in [0.15, 0.2) is 0 Å². The van der Waals surface area contributed by atoms with Crippen molar-refractivity contribution in [2.75, 3.05) is 6.54 Å². The van der Waals surface area contributed by atoms with Crippen LogP contribution in [0.3, 0.4) is 0 Å². The van der Waals surface area contributed by atoms with Crippen LogP contribution in [0, 0.1) is 5.92 Å². The van der Waals surface area contributed by atoms with Gasteiger partial charge in [0.1, 0.15) is 5.82 Å². The highest BCUT2D eigenvalue weighted by Crippen LogP contribution is 2.23. The number of imidazole rings is 1. The molecule has 118 valence electrons. The van der Waals surface area contributed by atoms with Gasteiger partial charge in [-0.2, -0.15) is 0 Å². The number of H-pyrrole nitrogens is 1. The van der Waals surface area contributed by atoms with Crippen molar-refractivity contribution in [1.82, 2.24) is 15.3 Å². The average molecular weight is 300 g/mol. The largest absolute Gasteiger partial charge is 0.356 e. The average Bonchev–Trinajstić information content (AvgIpc) is 2.94. The number of para-hydroxylation sites is 2. The van der Waals surface area contributed by atoms with Gasteiger partial charge in [0, 0.05) is 24.9 Å². The first kappa shape index (κ1) is 15.0. The SMILES string of the molecule is NC1CCCC(C(=O)NCCCc2nc3ccccc3[nH]2)C1. The molecule has 4 N–H and O–H groups in total. The van der Waals surface area contributed by atoms with Crippen LogP contribution < -0.4 is 11.1 Å². The zero-order chi connectivity index (χ0) is 15.4. The number of nitrogens with two attached hydrogens (primary N) is 1. The lowest BCUT2D eigenvalue weighted by Gasteiger charge is -2.25. The van der Waals surface area contributed by atoms with Crippen LogP contribution in [0.15, 0.2) is 24.3 Å². The number of amides is 1. The van der Waals surface area contributed by atoms with Gasteiger partial charge in [-0.3, -0.25) is 4.79 Å². The third-order valence-corrected chi connectivity index (χ3v) is 4.41. The number of carbonyl (C=O) groups is 1. The van der Waals surface area contributed by atoms with E-state index in [0.717, 1.165) is 55.4 Å². The topological polar surface area (TPSA) is 83.8 Å². The summed E-state index contributed by atoms with van der Waals surface area (Å²) in [5.74, 6) is 1.25. The van der Waals surface area contributed by atoms with Crippen LogP contribution in [0.25, 0.3) is 11.0 Å². The highest BCUT2D eigenvalue weighted by Gasteiger charge is 2.24. The van der Waals surface area contributed by atoms with Crippen molar-refractivity contribution in [3.63, 3.8) is 0 Å². The van der Waals surface area contributed by atoms with E-state index in [1.165, 1.54) is 0 Å². The van der Waals surface area contributed by atoms with E-state index in [4.69, 9.17) is 5.73 Å². The first-order valence-electron chi connectivity index (χ1n) is 8.19. The van der Waals surface area contributed by atoms with Gasteiger partial charge < -0.3 is 16.0 Å². The monoisotopic (exact) mass is 300 g/mol. The molecule has 1 aromatic heterocycles. The summed E-state index contributed by atoms with van der Waals surface area (Å²) >= 11 is 0. The second kappa shape index (κ2) is 6.92.